The summed E-state index contributed by atoms with van der Waals surface area (Å²) in [5.41, 5.74) is 0.784. The van der Waals surface area contributed by atoms with Gasteiger partial charge in [0, 0.05) is 44.5 Å². The van der Waals surface area contributed by atoms with Crippen LogP contribution in [0.15, 0.2) is 36.4 Å². The molecule has 3 unspecified atom stereocenters. The Labute approximate surface area is 250 Å². The molecule has 1 saturated carbocycles. The molecule has 42 heavy (non-hydrogen) atoms. The van der Waals surface area contributed by atoms with Gasteiger partial charge in [-0.05, 0) is 56.5 Å². The zero-order valence-corrected chi connectivity index (χ0v) is 25.4. The van der Waals surface area contributed by atoms with Crippen LogP contribution in [0.25, 0.3) is 0 Å². The van der Waals surface area contributed by atoms with Crippen molar-refractivity contribution in [2.24, 2.45) is 11.8 Å². The first-order valence-electron chi connectivity index (χ1n) is 16.1. The number of nitrogens with zero attached hydrogens (tertiary/aromatic N) is 3. The molecule has 2 N–H and O–H groups in total. The van der Waals surface area contributed by atoms with Crippen LogP contribution in [-0.4, -0.2) is 103 Å². The highest BCUT2D eigenvalue weighted by Gasteiger charge is 2.72. The van der Waals surface area contributed by atoms with E-state index in [0.717, 1.165) is 64.8 Å². The van der Waals surface area contributed by atoms with Gasteiger partial charge in [0.25, 0.3) is 0 Å². The molecule has 1 aromatic rings. The number of hydrogen-bond donors (Lipinski definition) is 2. The fourth-order valence-electron chi connectivity index (χ4n) is 7.75. The van der Waals surface area contributed by atoms with Crippen molar-refractivity contribution in [2.45, 2.75) is 82.1 Å². The minimum atomic E-state index is -1.11. The van der Waals surface area contributed by atoms with Gasteiger partial charge in [-0.15, -0.1) is 0 Å². The fourth-order valence-corrected chi connectivity index (χ4v) is 7.75. The normalized spacial score (nSPS) is 31.6. The molecule has 5 atom stereocenters. The number of likely N-dealkylation sites (N-methyl/N-ethyl adjacent to an activating group) is 1. The van der Waals surface area contributed by atoms with Crippen LogP contribution < -0.4 is 10.6 Å². The van der Waals surface area contributed by atoms with E-state index in [1.165, 1.54) is 12.0 Å². The number of likely N-dealkylation sites (tertiary alicyclic amines) is 1. The number of piperazine rings is 1. The van der Waals surface area contributed by atoms with Gasteiger partial charge in [-0.25, -0.2) is 0 Å². The molecule has 1 aliphatic carbocycles. The lowest BCUT2D eigenvalue weighted by atomic mass is 9.74. The molecular weight excluding hydrogens is 530 g/mol. The number of carbonyl (C=O) groups is 3. The van der Waals surface area contributed by atoms with E-state index < -0.39 is 29.6 Å². The van der Waals surface area contributed by atoms with E-state index >= 15 is 0 Å². The topological polar surface area (TPSA) is 94.2 Å². The number of carbonyl (C=O) groups excluding carboxylic acids is 3. The average Bonchev–Trinajstić information content (AvgIpc) is 3.62. The summed E-state index contributed by atoms with van der Waals surface area (Å²) in [5, 5.41) is 6.33. The van der Waals surface area contributed by atoms with Crippen LogP contribution in [0.1, 0.15) is 63.9 Å². The fraction of sp³-hybridized carbons (Fsp3) is 0.667. The van der Waals surface area contributed by atoms with Gasteiger partial charge in [-0.1, -0.05) is 57.4 Å². The Hall–Kier alpha value is -2.75. The minimum Gasteiger partial charge on any atom is -0.359 e. The number of nitrogens with one attached hydrogen (secondary N) is 2. The van der Waals surface area contributed by atoms with E-state index in [0.29, 0.717) is 18.2 Å². The Morgan fingerprint density at radius 2 is 1.71 bits per heavy atom. The lowest BCUT2D eigenvalue weighted by Crippen LogP contribution is -2.56. The Morgan fingerprint density at radius 1 is 1.00 bits per heavy atom. The first-order valence-corrected chi connectivity index (χ1v) is 16.1. The predicted molar refractivity (Wildman–Crippen MR) is 162 cm³/mol. The first kappa shape index (κ1) is 29.3. The molecule has 0 radical (unpaired) electrons. The summed E-state index contributed by atoms with van der Waals surface area (Å²) in [6.07, 6.45) is 9.40. The zero-order chi connectivity index (χ0) is 29.4. The largest absolute Gasteiger partial charge is 0.359 e. The Kier molecular flexibility index (Phi) is 8.44. The van der Waals surface area contributed by atoms with Gasteiger partial charge < -0.3 is 30.1 Å². The molecule has 5 aliphatic rings. The molecule has 4 heterocycles. The maximum atomic E-state index is 14.2. The second kappa shape index (κ2) is 12.1. The third-order valence-corrected chi connectivity index (χ3v) is 10.2. The monoisotopic (exact) mass is 577 g/mol. The Morgan fingerprint density at radius 3 is 2.40 bits per heavy atom. The van der Waals surface area contributed by atoms with E-state index in [-0.39, 0.29) is 23.8 Å². The van der Waals surface area contributed by atoms with Crippen LogP contribution in [0, 0.1) is 11.8 Å². The smallest absolute Gasteiger partial charge is 0.246 e. The summed E-state index contributed by atoms with van der Waals surface area (Å²) in [7, 11) is 2.14. The van der Waals surface area contributed by atoms with Gasteiger partial charge in [-0.2, -0.15) is 0 Å². The summed E-state index contributed by atoms with van der Waals surface area (Å²) in [5.74, 6) is -1.51. The second-order valence-corrected chi connectivity index (χ2v) is 13.3. The number of hydrogen-bond acceptors (Lipinski definition) is 6. The lowest BCUT2D eigenvalue weighted by molar-refractivity contribution is -0.141. The molecule has 228 valence electrons. The van der Waals surface area contributed by atoms with Crippen LogP contribution in [-0.2, 0) is 19.1 Å². The molecule has 1 spiro atoms. The quantitative estimate of drug-likeness (QED) is 0.439. The SMILES string of the molecule is CC(C)c1ccc(NC(=O)C2[C@@H]3C=CC4(O3)C(C(=O)NC3CCCCC3)N(CCCN3CCN(C)CC3)C(=O)[C@H]24)cc1. The number of anilines is 1. The highest BCUT2D eigenvalue weighted by atomic mass is 16.5. The molecule has 4 fully saturated rings. The molecular formula is C33H47N5O4. The van der Waals surface area contributed by atoms with E-state index in [9.17, 15) is 14.4 Å². The third kappa shape index (κ3) is 5.51. The van der Waals surface area contributed by atoms with Gasteiger partial charge in [0.05, 0.1) is 17.9 Å². The van der Waals surface area contributed by atoms with Gasteiger partial charge in [-0.3, -0.25) is 14.4 Å². The van der Waals surface area contributed by atoms with Crippen molar-refractivity contribution in [3.8, 4) is 0 Å². The summed E-state index contributed by atoms with van der Waals surface area (Å²) in [4.78, 5) is 48.5. The highest BCUT2D eigenvalue weighted by Crippen LogP contribution is 2.55. The van der Waals surface area contributed by atoms with Gasteiger partial charge in [0.1, 0.15) is 11.6 Å². The molecule has 1 aromatic carbocycles. The zero-order valence-electron chi connectivity index (χ0n) is 25.4. The molecule has 2 bridgehead atoms. The van der Waals surface area contributed by atoms with Gasteiger partial charge in [0.2, 0.25) is 17.7 Å². The minimum absolute atomic E-state index is 0.125. The van der Waals surface area contributed by atoms with Crippen molar-refractivity contribution in [1.82, 2.24) is 20.0 Å². The summed E-state index contributed by atoms with van der Waals surface area (Å²) in [6, 6.07) is 7.22. The van der Waals surface area contributed by atoms with Gasteiger partial charge in [0.15, 0.2) is 0 Å². The molecule has 6 rings (SSSR count). The number of ether oxygens (including phenoxy) is 1. The van der Waals surface area contributed by atoms with Crippen molar-refractivity contribution < 1.29 is 19.1 Å². The van der Waals surface area contributed by atoms with Crippen molar-refractivity contribution in [3.63, 3.8) is 0 Å². The molecule has 3 amide bonds. The van der Waals surface area contributed by atoms with Crippen molar-refractivity contribution >= 4 is 23.4 Å². The Bertz CT molecular complexity index is 1190. The van der Waals surface area contributed by atoms with E-state index in [4.69, 9.17) is 4.74 Å². The van der Waals surface area contributed by atoms with Crippen LogP contribution >= 0.6 is 0 Å². The van der Waals surface area contributed by atoms with Crippen molar-refractivity contribution in [1.29, 1.82) is 0 Å². The molecule has 4 aliphatic heterocycles. The van der Waals surface area contributed by atoms with Gasteiger partial charge >= 0.3 is 0 Å². The van der Waals surface area contributed by atoms with Crippen molar-refractivity contribution in [2.75, 3.05) is 51.6 Å². The number of amides is 3. The first-order chi connectivity index (χ1) is 20.3. The standard InChI is InChI=1S/C33H47N5O4/c1-22(2)23-10-12-25(13-11-23)34-30(39)27-26-14-15-33(42-26)28(27)32(41)38(17-7-16-37-20-18-36(3)19-21-37)29(33)31(40)35-24-8-5-4-6-9-24/h10-15,22,24,26-29H,4-9,16-21H2,1-3H3,(H,34,39)(H,35,40)/t26-,27?,28-,29?,33?/m0/s1. The van der Waals surface area contributed by atoms with E-state index in [2.05, 4.69) is 41.3 Å². The summed E-state index contributed by atoms with van der Waals surface area (Å²) >= 11 is 0. The van der Waals surface area contributed by atoms with Crippen LogP contribution in [0.4, 0.5) is 5.69 Å². The molecule has 3 saturated heterocycles. The lowest BCUT2D eigenvalue weighted by Gasteiger charge is -2.35. The van der Waals surface area contributed by atoms with E-state index in [1.807, 2.05) is 36.4 Å². The third-order valence-electron chi connectivity index (χ3n) is 10.2. The molecule has 0 aromatic heterocycles. The summed E-state index contributed by atoms with van der Waals surface area (Å²) in [6.45, 7) is 9.72. The highest BCUT2D eigenvalue weighted by molar-refractivity contribution is 6.02. The maximum Gasteiger partial charge on any atom is 0.246 e. The summed E-state index contributed by atoms with van der Waals surface area (Å²) < 4.78 is 6.53. The number of benzene rings is 1. The van der Waals surface area contributed by atoms with E-state index in [1.54, 1.807) is 4.90 Å². The van der Waals surface area contributed by atoms with Crippen LogP contribution in [0.2, 0.25) is 0 Å². The average molecular weight is 578 g/mol. The maximum absolute atomic E-state index is 14.2. The second-order valence-electron chi connectivity index (χ2n) is 13.3. The number of fused-ring (bicyclic) bond motifs is 1. The van der Waals surface area contributed by atoms with Crippen molar-refractivity contribution in [3.05, 3.63) is 42.0 Å². The molecule has 9 heteroatoms. The van der Waals surface area contributed by atoms with Crippen LogP contribution in [0.5, 0.6) is 0 Å². The molecule has 9 nitrogen and oxygen atoms in total. The number of rotatable bonds is 9. The predicted octanol–water partition coefficient (Wildman–Crippen LogP) is 2.99. The van der Waals surface area contributed by atoms with Crippen LogP contribution in [0.3, 0.4) is 0 Å². The Balaban J connectivity index is 1.21.